The van der Waals surface area contributed by atoms with E-state index in [0.717, 1.165) is 17.7 Å². The number of likely N-dealkylation sites (tertiary alicyclic amines) is 1. The Bertz CT molecular complexity index is 952. The smallest absolute Gasteiger partial charge is 0.269 e. The Hall–Kier alpha value is -2.81. The Morgan fingerprint density at radius 1 is 1.11 bits per heavy atom. The maximum absolute atomic E-state index is 12.9. The molecule has 1 aliphatic rings. The fourth-order valence-corrected chi connectivity index (χ4v) is 4.50. The number of nitro benzene ring substituents is 1. The van der Waals surface area contributed by atoms with Gasteiger partial charge in [-0.3, -0.25) is 14.9 Å². The van der Waals surface area contributed by atoms with Crippen LogP contribution in [0.5, 0.6) is 0 Å². The Morgan fingerprint density at radius 3 is 2.26 bits per heavy atom. The van der Waals surface area contributed by atoms with Gasteiger partial charge in [0.05, 0.1) is 9.82 Å². The highest BCUT2D eigenvalue weighted by atomic mass is 32.2. The number of sulfone groups is 1. The molecule has 0 aromatic heterocycles. The molecule has 1 aliphatic heterocycles. The third kappa shape index (κ3) is 4.13. The van der Waals surface area contributed by atoms with Gasteiger partial charge in [0, 0.05) is 31.6 Å². The Morgan fingerprint density at radius 2 is 1.70 bits per heavy atom. The van der Waals surface area contributed by atoms with Gasteiger partial charge in [-0.05, 0) is 36.2 Å². The van der Waals surface area contributed by atoms with Crippen LogP contribution in [0.25, 0.3) is 0 Å². The van der Waals surface area contributed by atoms with E-state index >= 15 is 0 Å². The van der Waals surface area contributed by atoms with Crippen LogP contribution in [0.15, 0.2) is 53.4 Å². The van der Waals surface area contributed by atoms with E-state index in [1.54, 1.807) is 12.1 Å². The lowest BCUT2D eigenvalue weighted by molar-refractivity contribution is -0.384. The minimum atomic E-state index is -3.59. The normalized spacial score (nSPS) is 14.6. The number of non-ortho nitro benzene ring substituents is 1. The molecule has 0 bridgehead atoms. The molecule has 142 valence electrons. The molecule has 2 aromatic rings. The molecule has 2 aromatic carbocycles. The van der Waals surface area contributed by atoms with Gasteiger partial charge in [0.1, 0.15) is 11.1 Å². The highest BCUT2D eigenvalue weighted by molar-refractivity contribution is 7.92. The largest absolute Gasteiger partial charge is 0.340 e. The van der Waals surface area contributed by atoms with Crippen LogP contribution in [-0.4, -0.2) is 42.5 Å². The zero-order valence-electron chi connectivity index (χ0n) is 14.2. The summed E-state index contributed by atoms with van der Waals surface area (Å²) >= 11 is 0. The molecule has 27 heavy (non-hydrogen) atoms. The van der Waals surface area contributed by atoms with Crippen LogP contribution in [0.4, 0.5) is 10.1 Å². The Labute approximate surface area is 155 Å². The number of carbonyl (C=O) groups is 1. The van der Waals surface area contributed by atoms with Crippen LogP contribution in [-0.2, 0) is 21.1 Å². The second-order valence-electron chi connectivity index (χ2n) is 6.34. The number of carbonyl (C=O) groups excluding carboxylic acids is 1. The second-order valence-corrected chi connectivity index (χ2v) is 8.57. The first-order chi connectivity index (χ1) is 12.8. The summed E-state index contributed by atoms with van der Waals surface area (Å²) in [7, 11) is -3.59. The first-order valence-electron chi connectivity index (χ1n) is 8.28. The lowest BCUT2D eigenvalue weighted by Crippen LogP contribution is -2.56. The molecule has 0 saturated carbocycles. The molecule has 0 unspecified atom stereocenters. The first-order valence-corrected chi connectivity index (χ1v) is 9.82. The number of halogens is 1. The van der Waals surface area contributed by atoms with Crippen molar-refractivity contribution >= 4 is 21.4 Å². The minimum absolute atomic E-state index is 0.0124. The molecule has 0 atom stereocenters. The van der Waals surface area contributed by atoms with Gasteiger partial charge in [-0.1, -0.05) is 12.1 Å². The lowest BCUT2D eigenvalue weighted by Gasteiger charge is -2.38. The van der Waals surface area contributed by atoms with Crippen molar-refractivity contribution in [2.75, 3.05) is 13.1 Å². The molecule has 1 fully saturated rings. The van der Waals surface area contributed by atoms with Crippen LogP contribution < -0.4 is 0 Å². The lowest BCUT2D eigenvalue weighted by atomic mass is 10.1. The molecular weight excluding hydrogens is 375 g/mol. The van der Waals surface area contributed by atoms with Crippen LogP contribution >= 0.6 is 0 Å². The van der Waals surface area contributed by atoms with Crippen LogP contribution in [0.1, 0.15) is 12.0 Å². The number of amides is 1. The molecule has 3 rings (SSSR count). The van der Waals surface area contributed by atoms with Crippen LogP contribution in [0, 0.1) is 15.9 Å². The topological polar surface area (TPSA) is 97.6 Å². The van der Waals surface area contributed by atoms with Crippen molar-refractivity contribution in [1.29, 1.82) is 0 Å². The highest BCUT2D eigenvalue weighted by Gasteiger charge is 2.40. The van der Waals surface area contributed by atoms with Crippen molar-refractivity contribution in [1.82, 2.24) is 4.90 Å². The molecule has 7 nitrogen and oxygen atoms in total. The average Bonchev–Trinajstić information content (AvgIpc) is 2.59. The van der Waals surface area contributed by atoms with E-state index in [-0.39, 0.29) is 36.0 Å². The number of hydrogen-bond acceptors (Lipinski definition) is 5. The first kappa shape index (κ1) is 19.0. The predicted octanol–water partition coefficient (Wildman–Crippen LogP) is 2.35. The van der Waals surface area contributed by atoms with Crippen molar-refractivity contribution in [3.63, 3.8) is 0 Å². The number of nitro groups is 1. The summed E-state index contributed by atoms with van der Waals surface area (Å²) in [6.07, 6.45) is 0.615. The van der Waals surface area contributed by atoms with Crippen LogP contribution in [0.2, 0.25) is 0 Å². The summed E-state index contributed by atoms with van der Waals surface area (Å²) in [6.45, 7) is 0.220. The van der Waals surface area contributed by atoms with Gasteiger partial charge in [0.25, 0.3) is 5.69 Å². The maximum atomic E-state index is 12.9. The summed E-state index contributed by atoms with van der Waals surface area (Å²) in [5.74, 6) is -0.676. The third-order valence-corrected chi connectivity index (χ3v) is 6.66. The van der Waals surface area contributed by atoms with E-state index in [2.05, 4.69) is 0 Å². The third-order valence-electron chi connectivity index (χ3n) is 4.56. The van der Waals surface area contributed by atoms with E-state index in [0.29, 0.717) is 6.42 Å². The van der Waals surface area contributed by atoms with E-state index in [4.69, 9.17) is 0 Å². The Balaban J connectivity index is 1.52. The van der Waals surface area contributed by atoms with E-state index < -0.39 is 25.8 Å². The van der Waals surface area contributed by atoms with E-state index in [1.807, 2.05) is 0 Å². The average molecular weight is 392 g/mol. The molecule has 0 aliphatic carbocycles. The number of hydrogen-bond donors (Lipinski definition) is 0. The minimum Gasteiger partial charge on any atom is -0.340 e. The molecular formula is C18H17FN2O5S. The number of aryl methyl sites for hydroxylation is 1. The molecule has 0 spiro atoms. The van der Waals surface area contributed by atoms with Crippen molar-refractivity contribution in [2.24, 2.45) is 0 Å². The highest BCUT2D eigenvalue weighted by Crippen LogP contribution is 2.25. The number of rotatable bonds is 6. The summed E-state index contributed by atoms with van der Waals surface area (Å²) < 4.78 is 37.8. The van der Waals surface area contributed by atoms with Crippen molar-refractivity contribution in [3.05, 3.63) is 70.0 Å². The zero-order chi connectivity index (χ0) is 19.6. The summed E-state index contributed by atoms with van der Waals surface area (Å²) in [5.41, 5.74) is 0.784. The van der Waals surface area contributed by atoms with Gasteiger partial charge in [-0.2, -0.15) is 0 Å². The van der Waals surface area contributed by atoms with Crippen molar-refractivity contribution in [2.45, 2.75) is 23.0 Å². The van der Waals surface area contributed by atoms with Gasteiger partial charge in [-0.15, -0.1) is 0 Å². The van der Waals surface area contributed by atoms with Gasteiger partial charge < -0.3 is 4.90 Å². The van der Waals surface area contributed by atoms with Crippen LogP contribution in [0.3, 0.4) is 0 Å². The quantitative estimate of drug-likeness (QED) is 0.427. The monoisotopic (exact) mass is 392 g/mol. The molecule has 1 saturated heterocycles. The van der Waals surface area contributed by atoms with Gasteiger partial charge in [0.2, 0.25) is 5.91 Å². The molecule has 1 heterocycles. The Kier molecular flexibility index (Phi) is 5.22. The predicted molar refractivity (Wildman–Crippen MR) is 95.4 cm³/mol. The summed E-state index contributed by atoms with van der Waals surface area (Å²) in [4.78, 5) is 23.9. The van der Waals surface area contributed by atoms with E-state index in [9.17, 15) is 27.7 Å². The zero-order valence-corrected chi connectivity index (χ0v) is 15.1. The van der Waals surface area contributed by atoms with Crippen molar-refractivity contribution < 1.29 is 22.5 Å². The second kappa shape index (κ2) is 7.43. The molecule has 0 radical (unpaired) electrons. The maximum Gasteiger partial charge on any atom is 0.269 e. The van der Waals surface area contributed by atoms with Gasteiger partial charge in [0.15, 0.2) is 9.84 Å². The summed E-state index contributed by atoms with van der Waals surface area (Å²) in [5, 5.41) is 9.93. The number of benzene rings is 2. The van der Waals surface area contributed by atoms with E-state index in [1.165, 1.54) is 29.2 Å². The fraction of sp³-hybridized carbons (Fsp3) is 0.278. The SMILES string of the molecule is O=C(CCc1ccc([N+](=O)[O-])cc1)N1CC(S(=O)(=O)c2ccc(F)cc2)C1. The molecule has 0 N–H and O–H groups in total. The van der Waals surface area contributed by atoms with Crippen molar-refractivity contribution in [3.8, 4) is 0 Å². The van der Waals surface area contributed by atoms with Gasteiger partial charge in [-0.25, -0.2) is 12.8 Å². The molecule has 9 heteroatoms. The van der Waals surface area contributed by atoms with Gasteiger partial charge >= 0.3 is 0 Å². The standard InChI is InChI=1S/C18H17FN2O5S/c19-14-4-8-16(9-5-14)27(25,26)17-11-20(12-17)18(22)10-3-13-1-6-15(7-2-13)21(23)24/h1-2,4-9,17H,3,10-12H2. The molecule has 1 amide bonds. The fourth-order valence-electron chi connectivity index (χ4n) is 2.85. The number of nitrogens with zero attached hydrogens (tertiary/aromatic N) is 2. The summed E-state index contributed by atoms with van der Waals surface area (Å²) in [6, 6.07) is 10.6.